The van der Waals surface area contributed by atoms with Gasteiger partial charge in [-0.2, -0.15) is 0 Å². The topological polar surface area (TPSA) is 49.4 Å². The second-order valence-corrected chi connectivity index (χ2v) is 3.11. The van der Waals surface area contributed by atoms with Crippen LogP contribution < -0.4 is 5.32 Å². The van der Waals surface area contributed by atoms with Crippen LogP contribution in [-0.4, -0.2) is 46.4 Å². The van der Waals surface area contributed by atoms with E-state index in [4.69, 9.17) is 0 Å². The van der Waals surface area contributed by atoms with Crippen molar-refractivity contribution in [3.05, 3.63) is 0 Å². The number of likely N-dealkylation sites (N-methyl/N-ethyl adjacent to an activating group) is 2. The van der Waals surface area contributed by atoms with Gasteiger partial charge in [0.25, 0.3) is 0 Å². The lowest BCUT2D eigenvalue weighted by Gasteiger charge is -2.11. The van der Waals surface area contributed by atoms with Crippen LogP contribution in [0.15, 0.2) is 0 Å². The van der Waals surface area contributed by atoms with E-state index in [-0.39, 0.29) is 5.88 Å². The summed E-state index contributed by atoms with van der Waals surface area (Å²) in [7, 11) is 1.36. The molecular weight excluding hydrogens is 152 g/mol. The average Bonchev–Trinajstić information content (AvgIpc) is 1.82. The quantitative estimate of drug-likeness (QED) is 0.499. The number of nitrogens with one attached hydrogen (secondary N) is 1. The van der Waals surface area contributed by atoms with Crippen LogP contribution in [0.25, 0.3) is 0 Å². The van der Waals surface area contributed by atoms with Crippen molar-refractivity contribution in [1.82, 2.24) is 10.2 Å². The van der Waals surface area contributed by atoms with Crippen LogP contribution >= 0.6 is 0 Å². The van der Waals surface area contributed by atoms with Crippen LogP contribution in [0.3, 0.4) is 0 Å². The first-order valence-electron chi connectivity index (χ1n) is 3.11. The molecule has 0 rings (SSSR count). The fraction of sp³-hybridized carbons (Fsp3) is 1.00. The standard InChI is InChI=1S/C5H14N2O2S/c1-6-3-4-7(2)5-10(8)9/h6,10H,3-5H2,1-2H3. The maximum absolute atomic E-state index is 10.1. The van der Waals surface area contributed by atoms with Crippen molar-refractivity contribution >= 4 is 10.7 Å². The molecule has 0 aliphatic heterocycles. The third kappa shape index (κ3) is 6.00. The van der Waals surface area contributed by atoms with E-state index >= 15 is 0 Å². The zero-order valence-corrected chi connectivity index (χ0v) is 7.23. The number of nitrogens with zero attached hydrogens (tertiary/aromatic N) is 1. The predicted octanol–water partition coefficient (Wildman–Crippen LogP) is -1.29. The van der Waals surface area contributed by atoms with Gasteiger partial charge in [0, 0.05) is 13.1 Å². The molecule has 0 saturated carbocycles. The number of hydrogen-bond acceptors (Lipinski definition) is 4. The number of thiol groups is 1. The zero-order valence-electron chi connectivity index (χ0n) is 6.33. The summed E-state index contributed by atoms with van der Waals surface area (Å²) < 4.78 is 20.3. The van der Waals surface area contributed by atoms with Gasteiger partial charge in [-0.3, -0.25) is 4.90 Å². The Labute approximate surface area is 63.2 Å². The van der Waals surface area contributed by atoms with Crippen LogP contribution in [0.4, 0.5) is 0 Å². The number of hydrogen-bond donors (Lipinski definition) is 2. The number of rotatable bonds is 5. The highest BCUT2D eigenvalue weighted by Gasteiger charge is 1.95. The summed E-state index contributed by atoms with van der Waals surface area (Å²) in [5, 5.41) is 2.93. The molecule has 5 heteroatoms. The lowest BCUT2D eigenvalue weighted by atomic mass is 10.6. The maximum atomic E-state index is 10.1. The first-order chi connectivity index (χ1) is 4.66. The Hall–Kier alpha value is -0.130. The summed E-state index contributed by atoms with van der Waals surface area (Å²) in [6.07, 6.45) is 0. The largest absolute Gasteiger partial charge is 0.318 e. The summed E-state index contributed by atoms with van der Waals surface area (Å²) in [5.74, 6) is 0.150. The molecule has 4 nitrogen and oxygen atoms in total. The second kappa shape index (κ2) is 5.64. The first kappa shape index (κ1) is 9.87. The highest BCUT2D eigenvalue weighted by atomic mass is 32.2. The van der Waals surface area contributed by atoms with Crippen molar-refractivity contribution in [2.45, 2.75) is 0 Å². The molecule has 0 spiro atoms. The molecule has 0 radical (unpaired) electrons. The van der Waals surface area contributed by atoms with E-state index in [2.05, 4.69) is 5.32 Å². The summed E-state index contributed by atoms with van der Waals surface area (Å²) in [6.45, 7) is 1.58. The van der Waals surface area contributed by atoms with Crippen molar-refractivity contribution in [3.63, 3.8) is 0 Å². The summed E-state index contributed by atoms with van der Waals surface area (Å²) in [4.78, 5) is 1.75. The van der Waals surface area contributed by atoms with E-state index in [1.807, 2.05) is 7.05 Å². The molecule has 0 atom stereocenters. The Bertz CT molecular complexity index is 139. The maximum Gasteiger partial charge on any atom is 0.153 e. The minimum absolute atomic E-state index is 0.150. The molecule has 0 fully saturated rings. The minimum Gasteiger partial charge on any atom is -0.318 e. The normalized spacial score (nSPS) is 11.2. The second-order valence-electron chi connectivity index (χ2n) is 2.16. The van der Waals surface area contributed by atoms with E-state index in [0.29, 0.717) is 0 Å². The van der Waals surface area contributed by atoms with Gasteiger partial charge in [-0.15, -0.1) is 0 Å². The van der Waals surface area contributed by atoms with Gasteiger partial charge in [-0.25, -0.2) is 8.42 Å². The van der Waals surface area contributed by atoms with Crippen molar-refractivity contribution in [1.29, 1.82) is 0 Å². The van der Waals surface area contributed by atoms with E-state index in [1.54, 1.807) is 11.9 Å². The molecule has 1 N–H and O–H groups in total. The zero-order chi connectivity index (χ0) is 7.98. The van der Waals surface area contributed by atoms with Gasteiger partial charge in [-0.05, 0) is 14.1 Å². The van der Waals surface area contributed by atoms with Gasteiger partial charge in [0.2, 0.25) is 0 Å². The molecule has 0 aromatic carbocycles. The van der Waals surface area contributed by atoms with Gasteiger partial charge >= 0.3 is 0 Å². The van der Waals surface area contributed by atoms with E-state index in [9.17, 15) is 8.42 Å². The summed E-state index contributed by atoms with van der Waals surface area (Å²) in [5.41, 5.74) is 0. The van der Waals surface area contributed by atoms with E-state index < -0.39 is 10.7 Å². The fourth-order valence-corrected chi connectivity index (χ4v) is 1.11. The molecule has 0 amide bonds. The predicted molar refractivity (Wildman–Crippen MR) is 41.7 cm³/mol. The van der Waals surface area contributed by atoms with Gasteiger partial charge in [0.15, 0.2) is 10.7 Å². The van der Waals surface area contributed by atoms with Gasteiger partial charge in [-0.1, -0.05) is 0 Å². The van der Waals surface area contributed by atoms with Crippen LogP contribution in [0.5, 0.6) is 0 Å². The van der Waals surface area contributed by atoms with Gasteiger partial charge in [0.05, 0.1) is 5.88 Å². The Balaban J connectivity index is 3.33. The first-order valence-corrected chi connectivity index (χ1v) is 4.48. The Kier molecular flexibility index (Phi) is 5.57. The van der Waals surface area contributed by atoms with Crippen LogP contribution in [0.2, 0.25) is 0 Å². The van der Waals surface area contributed by atoms with Crippen molar-refractivity contribution in [2.24, 2.45) is 0 Å². The molecular formula is C5H14N2O2S. The third-order valence-corrected chi connectivity index (χ3v) is 1.81. The smallest absolute Gasteiger partial charge is 0.153 e. The molecule has 0 aliphatic rings. The molecule has 0 saturated heterocycles. The molecule has 0 heterocycles. The van der Waals surface area contributed by atoms with Crippen LogP contribution in [0.1, 0.15) is 0 Å². The SMILES string of the molecule is CNCCN(C)C[SH](=O)=O. The third-order valence-electron chi connectivity index (χ3n) is 1.10. The Morgan fingerprint density at radius 3 is 2.50 bits per heavy atom. The molecule has 0 aliphatic carbocycles. The fourth-order valence-electron chi connectivity index (χ4n) is 0.570. The Morgan fingerprint density at radius 1 is 1.50 bits per heavy atom. The average molecular weight is 166 g/mol. The monoisotopic (exact) mass is 166 g/mol. The van der Waals surface area contributed by atoms with E-state index in [1.165, 1.54) is 0 Å². The highest BCUT2D eigenvalue weighted by Crippen LogP contribution is 1.78. The lowest BCUT2D eigenvalue weighted by Crippen LogP contribution is -2.28. The van der Waals surface area contributed by atoms with Crippen molar-refractivity contribution in [3.8, 4) is 0 Å². The molecule has 0 aromatic rings. The van der Waals surface area contributed by atoms with Crippen molar-refractivity contribution < 1.29 is 8.42 Å². The summed E-state index contributed by atoms with van der Waals surface area (Å²) in [6, 6.07) is 0. The van der Waals surface area contributed by atoms with Gasteiger partial charge < -0.3 is 5.32 Å². The Morgan fingerprint density at radius 2 is 2.10 bits per heavy atom. The van der Waals surface area contributed by atoms with E-state index in [0.717, 1.165) is 13.1 Å². The molecule has 0 bridgehead atoms. The summed E-state index contributed by atoms with van der Waals surface area (Å²) >= 11 is 0. The van der Waals surface area contributed by atoms with Crippen LogP contribution in [0, 0.1) is 0 Å². The molecule has 62 valence electrons. The molecule has 0 unspecified atom stereocenters. The minimum atomic E-state index is -2.26. The van der Waals surface area contributed by atoms with Crippen molar-refractivity contribution in [2.75, 3.05) is 33.1 Å². The van der Waals surface area contributed by atoms with Crippen LogP contribution in [-0.2, 0) is 10.7 Å². The lowest BCUT2D eigenvalue weighted by molar-refractivity contribution is 0.384. The molecule has 10 heavy (non-hydrogen) atoms. The van der Waals surface area contributed by atoms with Gasteiger partial charge in [0.1, 0.15) is 0 Å². The molecule has 0 aromatic heterocycles. The highest BCUT2D eigenvalue weighted by molar-refractivity contribution is 7.72.